The van der Waals surface area contributed by atoms with Gasteiger partial charge in [0, 0.05) is 6.54 Å². The number of hydrogen-bond donors (Lipinski definition) is 2. The molecule has 1 aromatic heterocycles. The van der Waals surface area contributed by atoms with Gasteiger partial charge in [-0.2, -0.15) is 4.98 Å². The third kappa shape index (κ3) is 5.48. The van der Waals surface area contributed by atoms with Crippen LogP contribution in [0.4, 0.5) is 4.79 Å². The Balaban J connectivity index is 1.39. The third-order valence-electron chi connectivity index (χ3n) is 4.20. The lowest BCUT2D eigenvalue weighted by Gasteiger charge is -2.23. The molecule has 1 fully saturated rings. The summed E-state index contributed by atoms with van der Waals surface area (Å²) in [5.41, 5.74) is 1.01. The number of nitrogens with zero attached hydrogens (tertiary/aromatic N) is 2. The first kappa shape index (κ1) is 17.3. The summed E-state index contributed by atoms with van der Waals surface area (Å²) in [4.78, 5) is 15.8. The van der Waals surface area contributed by atoms with E-state index in [4.69, 9.17) is 9.26 Å². The molecule has 1 aromatic carbocycles. The van der Waals surface area contributed by atoms with E-state index in [9.17, 15) is 4.79 Å². The number of aryl methyl sites for hydroxylation is 1. The summed E-state index contributed by atoms with van der Waals surface area (Å²) >= 11 is 0. The first-order chi connectivity index (χ1) is 12.2. The van der Waals surface area contributed by atoms with Crippen LogP contribution in [0.25, 0.3) is 0 Å². The zero-order valence-electron chi connectivity index (χ0n) is 14.5. The standard InChI is InChI=1S/C18H24N4O3/c1-13-21-17(25-22-13)12-20-18(23)19-11-14-7-9-16(10-8-14)24-15-5-3-2-4-6-15/h7-10,15H,2-6,11-12H2,1H3,(H2,19,20,23). The van der Waals surface area contributed by atoms with Crippen LogP contribution in [0.3, 0.4) is 0 Å². The van der Waals surface area contributed by atoms with Crippen LogP contribution in [-0.2, 0) is 13.1 Å². The molecular formula is C18H24N4O3. The molecular weight excluding hydrogens is 320 g/mol. The molecule has 0 spiro atoms. The smallest absolute Gasteiger partial charge is 0.315 e. The van der Waals surface area contributed by atoms with Crippen molar-refractivity contribution in [3.05, 3.63) is 41.5 Å². The highest BCUT2D eigenvalue weighted by Crippen LogP contribution is 2.23. The molecule has 134 valence electrons. The molecule has 25 heavy (non-hydrogen) atoms. The topological polar surface area (TPSA) is 89.3 Å². The number of urea groups is 1. The van der Waals surface area contributed by atoms with E-state index in [0.29, 0.717) is 24.4 Å². The number of ether oxygens (including phenoxy) is 1. The van der Waals surface area contributed by atoms with Gasteiger partial charge in [0.25, 0.3) is 0 Å². The lowest BCUT2D eigenvalue weighted by atomic mass is 9.98. The molecule has 2 amide bonds. The van der Waals surface area contributed by atoms with Crippen LogP contribution < -0.4 is 15.4 Å². The van der Waals surface area contributed by atoms with Crippen molar-refractivity contribution in [2.24, 2.45) is 0 Å². The van der Waals surface area contributed by atoms with E-state index in [1.165, 1.54) is 19.3 Å². The molecule has 2 N–H and O–H groups in total. The molecule has 2 aromatic rings. The van der Waals surface area contributed by atoms with Gasteiger partial charge in [-0.05, 0) is 50.3 Å². The summed E-state index contributed by atoms with van der Waals surface area (Å²) in [7, 11) is 0. The SMILES string of the molecule is Cc1noc(CNC(=O)NCc2ccc(OC3CCCCC3)cc2)n1. The number of carbonyl (C=O) groups excluding carboxylic acids is 1. The Kier molecular flexibility index (Phi) is 5.87. The highest BCUT2D eigenvalue weighted by molar-refractivity contribution is 5.73. The van der Waals surface area contributed by atoms with Crippen LogP contribution in [0.1, 0.15) is 49.4 Å². The van der Waals surface area contributed by atoms with Gasteiger partial charge in [0.2, 0.25) is 5.89 Å². The molecule has 0 radical (unpaired) electrons. The molecule has 1 saturated carbocycles. The third-order valence-corrected chi connectivity index (χ3v) is 4.20. The Labute approximate surface area is 147 Å². The van der Waals surface area contributed by atoms with Gasteiger partial charge in [0.15, 0.2) is 5.82 Å². The predicted molar refractivity (Wildman–Crippen MR) is 92.1 cm³/mol. The Hall–Kier alpha value is -2.57. The van der Waals surface area contributed by atoms with Crippen LogP contribution in [0.2, 0.25) is 0 Å². The molecule has 0 bridgehead atoms. The van der Waals surface area contributed by atoms with Crippen molar-refractivity contribution in [2.75, 3.05) is 0 Å². The van der Waals surface area contributed by atoms with Crippen LogP contribution in [0, 0.1) is 6.92 Å². The fourth-order valence-corrected chi connectivity index (χ4v) is 2.87. The van der Waals surface area contributed by atoms with E-state index in [-0.39, 0.29) is 12.6 Å². The van der Waals surface area contributed by atoms with Crippen LogP contribution in [-0.4, -0.2) is 22.3 Å². The molecule has 7 nitrogen and oxygen atoms in total. The number of carbonyl (C=O) groups is 1. The highest BCUT2D eigenvalue weighted by Gasteiger charge is 2.14. The molecule has 7 heteroatoms. The monoisotopic (exact) mass is 344 g/mol. The Morgan fingerprint density at radius 3 is 2.56 bits per heavy atom. The van der Waals surface area contributed by atoms with E-state index in [1.807, 2.05) is 24.3 Å². The molecule has 3 rings (SSSR count). The van der Waals surface area contributed by atoms with E-state index < -0.39 is 0 Å². The van der Waals surface area contributed by atoms with Gasteiger partial charge in [-0.1, -0.05) is 23.7 Å². The average molecular weight is 344 g/mol. The quantitative estimate of drug-likeness (QED) is 0.840. The predicted octanol–water partition coefficient (Wildman–Crippen LogP) is 3.09. The summed E-state index contributed by atoms with van der Waals surface area (Å²) in [6, 6.07) is 7.59. The number of hydrogen-bond acceptors (Lipinski definition) is 5. The molecule has 1 heterocycles. The summed E-state index contributed by atoms with van der Waals surface area (Å²) in [5.74, 6) is 1.83. The van der Waals surface area contributed by atoms with Gasteiger partial charge in [-0.15, -0.1) is 0 Å². The van der Waals surface area contributed by atoms with Gasteiger partial charge in [-0.25, -0.2) is 4.79 Å². The van der Waals surface area contributed by atoms with E-state index in [1.54, 1.807) is 6.92 Å². The van der Waals surface area contributed by atoms with Gasteiger partial charge in [-0.3, -0.25) is 0 Å². The number of aromatic nitrogens is 2. The van der Waals surface area contributed by atoms with Crippen molar-refractivity contribution in [3.8, 4) is 5.75 Å². The first-order valence-electron chi connectivity index (χ1n) is 8.75. The van der Waals surface area contributed by atoms with Crippen LogP contribution in [0.15, 0.2) is 28.8 Å². The fraction of sp³-hybridized carbons (Fsp3) is 0.500. The van der Waals surface area contributed by atoms with Crippen molar-refractivity contribution in [3.63, 3.8) is 0 Å². The number of rotatable bonds is 6. The molecule has 0 saturated heterocycles. The normalized spacial score (nSPS) is 14.9. The van der Waals surface area contributed by atoms with Crippen LogP contribution in [0.5, 0.6) is 5.75 Å². The van der Waals surface area contributed by atoms with Gasteiger partial charge < -0.3 is 19.9 Å². The number of nitrogens with one attached hydrogen (secondary N) is 2. The molecule has 0 atom stereocenters. The van der Waals surface area contributed by atoms with Crippen molar-refractivity contribution in [2.45, 2.75) is 58.2 Å². The minimum atomic E-state index is -0.279. The van der Waals surface area contributed by atoms with Crippen molar-refractivity contribution < 1.29 is 14.1 Å². The highest BCUT2D eigenvalue weighted by atomic mass is 16.5. The maximum Gasteiger partial charge on any atom is 0.315 e. The maximum atomic E-state index is 11.8. The van der Waals surface area contributed by atoms with Crippen LogP contribution >= 0.6 is 0 Å². The lowest BCUT2D eigenvalue weighted by Crippen LogP contribution is -2.34. The fourth-order valence-electron chi connectivity index (χ4n) is 2.87. The molecule has 0 unspecified atom stereocenters. The second-order valence-electron chi connectivity index (χ2n) is 6.29. The number of benzene rings is 1. The van der Waals surface area contributed by atoms with E-state index in [2.05, 4.69) is 20.8 Å². The average Bonchev–Trinajstić information content (AvgIpc) is 3.06. The number of amides is 2. The Morgan fingerprint density at radius 1 is 1.16 bits per heavy atom. The first-order valence-corrected chi connectivity index (χ1v) is 8.75. The van der Waals surface area contributed by atoms with Crippen molar-refractivity contribution in [1.82, 2.24) is 20.8 Å². The zero-order chi connectivity index (χ0) is 17.5. The second kappa shape index (κ2) is 8.50. The minimum Gasteiger partial charge on any atom is -0.490 e. The van der Waals surface area contributed by atoms with E-state index in [0.717, 1.165) is 24.2 Å². The van der Waals surface area contributed by atoms with Crippen molar-refractivity contribution in [1.29, 1.82) is 0 Å². The van der Waals surface area contributed by atoms with Gasteiger partial charge >= 0.3 is 6.03 Å². The lowest BCUT2D eigenvalue weighted by molar-refractivity contribution is 0.155. The largest absolute Gasteiger partial charge is 0.490 e. The summed E-state index contributed by atoms with van der Waals surface area (Å²) in [6.07, 6.45) is 6.46. The van der Waals surface area contributed by atoms with Gasteiger partial charge in [0.1, 0.15) is 5.75 Å². The summed E-state index contributed by atoms with van der Waals surface area (Å²) in [6.45, 7) is 2.38. The van der Waals surface area contributed by atoms with E-state index >= 15 is 0 Å². The minimum absolute atomic E-state index is 0.209. The van der Waals surface area contributed by atoms with Gasteiger partial charge in [0.05, 0.1) is 12.6 Å². The molecule has 1 aliphatic carbocycles. The zero-order valence-corrected chi connectivity index (χ0v) is 14.5. The molecule has 0 aliphatic heterocycles. The maximum absolute atomic E-state index is 11.8. The molecule has 1 aliphatic rings. The second-order valence-corrected chi connectivity index (χ2v) is 6.29. The Morgan fingerprint density at radius 2 is 1.88 bits per heavy atom. The Bertz CT molecular complexity index is 678. The van der Waals surface area contributed by atoms with Crippen molar-refractivity contribution >= 4 is 6.03 Å². The summed E-state index contributed by atoms with van der Waals surface area (Å²) in [5, 5.41) is 9.14. The summed E-state index contributed by atoms with van der Waals surface area (Å²) < 4.78 is 10.9.